The summed E-state index contributed by atoms with van der Waals surface area (Å²) in [5, 5.41) is 23.1. The molecule has 5 nitrogen and oxygen atoms in total. The number of carboxylic acids is 1. The molecule has 66 valence electrons. The Morgan fingerprint density at radius 2 is 2.42 bits per heavy atom. The van der Waals surface area contributed by atoms with Crippen LogP contribution >= 0.6 is 0 Å². The summed E-state index contributed by atoms with van der Waals surface area (Å²) in [6.07, 6.45) is 1.23. The van der Waals surface area contributed by atoms with Crippen LogP contribution < -0.4 is 0 Å². The SMILES string of the molecule is O=C(O)c1cc(CCCO)[nH]n1. The molecule has 0 aromatic carbocycles. The van der Waals surface area contributed by atoms with Gasteiger partial charge in [0.2, 0.25) is 0 Å². The first-order valence-corrected chi connectivity index (χ1v) is 3.62. The summed E-state index contributed by atoms with van der Waals surface area (Å²) in [7, 11) is 0. The van der Waals surface area contributed by atoms with Gasteiger partial charge in [-0.15, -0.1) is 0 Å². The van der Waals surface area contributed by atoms with Crippen LogP contribution in [0.25, 0.3) is 0 Å². The van der Waals surface area contributed by atoms with Crippen LogP contribution in [-0.2, 0) is 6.42 Å². The van der Waals surface area contributed by atoms with E-state index in [4.69, 9.17) is 10.2 Å². The van der Waals surface area contributed by atoms with Gasteiger partial charge in [-0.25, -0.2) is 4.79 Å². The van der Waals surface area contributed by atoms with Gasteiger partial charge in [-0.3, -0.25) is 5.10 Å². The summed E-state index contributed by atoms with van der Waals surface area (Å²) >= 11 is 0. The average Bonchev–Trinajstić information content (AvgIpc) is 2.48. The van der Waals surface area contributed by atoms with Crippen molar-refractivity contribution in [1.29, 1.82) is 0 Å². The van der Waals surface area contributed by atoms with E-state index in [0.717, 1.165) is 5.69 Å². The van der Waals surface area contributed by atoms with Crippen LogP contribution in [0.4, 0.5) is 0 Å². The second-order valence-corrected chi connectivity index (χ2v) is 2.41. The summed E-state index contributed by atoms with van der Waals surface area (Å²) in [6.45, 7) is 0.0986. The van der Waals surface area contributed by atoms with Crippen LogP contribution in [0, 0.1) is 0 Å². The Morgan fingerprint density at radius 3 is 2.92 bits per heavy atom. The molecule has 0 saturated carbocycles. The predicted molar refractivity (Wildman–Crippen MR) is 41.0 cm³/mol. The van der Waals surface area contributed by atoms with E-state index in [-0.39, 0.29) is 12.3 Å². The number of aromatic nitrogens is 2. The number of carbonyl (C=O) groups is 1. The summed E-state index contributed by atoms with van der Waals surface area (Å²) in [6, 6.07) is 1.47. The standard InChI is InChI=1S/C7H10N2O3/c10-3-1-2-5-4-6(7(11)12)9-8-5/h4,10H,1-3H2,(H,8,9)(H,11,12). The monoisotopic (exact) mass is 170 g/mol. The van der Waals surface area contributed by atoms with Gasteiger partial charge in [0.1, 0.15) is 0 Å². The lowest BCUT2D eigenvalue weighted by Gasteiger charge is -1.90. The molecule has 0 atom stereocenters. The van der Waals surface area contributed by atoms with E-state index >= 15 is 0 Å². The van der Waals surface area contributed by atoms with Gasteiger partial charge in [0.15, 0.2) is 5.69 Å². The van der Waals surface area contributed by atoms with Gasteiger partial charge in [0.05, 0.1) is 0 Å². The molecule has 0 aliphatic rings. The molecule has 0 unspecified atom stereocenters. The van der Waals surface area contributed by atoms with E-state index in [1.165, 1.54) is 6.07 Å². The normalized spacial score (nSPS) is 10.1. The molecular formula is C7H10N2O3. The van der Waals surface area contributed by atoms with Crippen molar-refractivity contribution >= 4 is 5.97 Å². The van der Waals surface area contributed by atoms with Gasteiger partial charge < -0.3 is 10.2 Å². The molecule has 3 N–H and O–H groups in total. The molecule has 0 amide bonds. The lowest BCUT2D eigenvalue weighted by atomic mass is 10.2. The Balaban J connectivity index is 2.58. The van der Waals surface area contributed by atoms with Crippen molar-refractivity contribution < 1.29 is 15.0 Å². The zero-order valence-corrected chi connectivity index (χ0v) is 6.45. The number of nitrogens with one attached hydrogen (secondary N) is 1. The molecule has 0 bridgehead atoms. The Labute approximate surface area is 69.0 Å². The summed E-state index contributed by atoms with van der Waals surface area (Å²) in [4.78, 5) is 10.4. The molecule has 5 heteroatoms. The second-order valence-electron chi connectivity index (χ2n) is 2.41. The lowest BCUT2D eigenvalue weighted by molar-refractivity contribution is 0.0690. The van der Waals surface area contributed by atoms with Crippen molar-refractivity contribution in [3.05, 3.63) is 17.5 Å². The van der Waals surface area contributed by atoms with E-state index in [1.54, 1.807) is 0 Å². The number of nitrogens with zero attached hydrogens (tertiary/aromatic N) is 1. The van der Waals surface area contributed by atoms with Gasteiger partial charge in [-0.1, -0.05) is 0 Å². The first-order valence-electron chi connectivity index (χ1n) is 3.62. The highest BCUT2D eigenvalue weighted by Crippen LogP contribution is 2.01. The number of aryl methyl sites for hydroxylation is 1. The minimum absolute atomic E-state index is 0.0166. The Morgan fingerprint density at radius 1 is 1.67 bits per heavy atom. The highest BCUT2D eigenvalue weighted by atomic mass is 16.4. The van der Waals surface area contributed by atoms with Crippen LogP contribution in [0.3, 0.4) is 0 Å². The summed E-state index contributed by atoms with van der Waals surface area (Å²) in [5.41, 5.74) is 0.754. The van der Waals surface area contributed by atoms with E-state index in [2.05, 4.69) is 10.2 Å². The topological polar surface area (TPSA) is 86.2 Å². The molecule has 1 aromatic rings. The lowest BCUT2D eigenvalue weighted by Crippen LogP contribution is -1.95. The molecule has 0 aliphatic heterocycles. The molecule has 12 heavy (non-hydrogen) atoms. The van der Waals surface area contributed by atoms with Gasteiger partial charge >= 0.3 is 5.97 Å². The quantitative estimate of drug-likeness (QED) is 0.595. The largest absolute Gasteiger partial charge is 0.476 e. The third-order valence-corrected chi connectivity index (χ3v) is 1.45. The number of hydrogen-bond acceptors (Lipinski definition) is 3. The molecule has 0 fully saturated rings. The number of aromatic carboxylic acids is 1. The van der Waals surface area contributed by atoms with E-state index in [0.29, 0.717) is 12.8 Å². The van der Waals surface area contributed by atoms with Crippen LogP contribution in [0.2, 0.25) is 0 Å². The number of hydrogen-bond donors (Lipinski definition) is 3. The molecule has 1 heterocycles. The average molecular weight is 170 g/mol. The number of aromatic amines is 1. The third kappa shape index (κ3) is 2.06. The number of H-pyrrole nitrogens is 1. The van der Waals surface area contributed by atoms with Crippen LogP contribution in [0.1, 0.15) is 22.6 Å². The van der Waals surface area contributed by atoms with Crippen molar-refractivity contribution in [1.82, 2.24) is 10.2 Å². The fourth-order valence-corrected chi connectivity index (χ4v) is 0.869. The van der Waals surface area contributed by atoms with E-state index in [9.17, 15) is 4.79 Å². The fraction of sp³-hybridized carbons (Fsp3) is 0.429. The molecular weight excluding hydrogens is 160 g/mol. The van der Waals surface area contributed by atoms with E-state index < -0.39 is 5.97 Å². The smallest absolute Gasteiger partial charge is 0.356 e. The number of aliphatic hydroxyl groups is 1. The highest BCUT2D eigenvalue weighted by Gasteiger charge is 2.06. The molecule has 0 spiro atoms. The van der Waals surface area contributed by atoms with Gasteiger partial charge in [-0.05, 0) is 18.9 Å². The van der Waals surface area contributed by atoms with Crippen LogP contribution in [0.5, 0.6) is 0 Å². The van der Waals surface area contributed by atoms with Crippen molar-refractivity contribution in [2.24, 2.45) is 0 Å². The molecule has 1 aromatic heterocycles. The fourth-order valence-electron chi connectivity index (χ4n) is 0.869. The van der Waals surface area contributed by atoms with E-state index in [1.807, 2.05) is 0 Å². The van der Waals surface area contributed by atoms with Crippen molar-refractivity contribution in [3.8, 4) is 0 Å². The first-order chi connectivity index (χ1) is 5.74. The van der Waals surface area contributed by atoms with Gasteiger partial charge in [-0.2, -0.15) is 5.10 Å². The van der Waals surface area contributed by atoms with Crippen LogP contribution in [-0.4, -0.2) is 33.0 Å². The van der Waals surface area contributed by atoms with Crippen molar-refractivity contribution in [3.63, 3.8) is 0 Å². The Kier molecular flexibility index (Phi) is 2.82. The van der Waals surface area contributed by atoms with Crippen molar-refractivity contribution in [2.75, 3.05) is 6.61 Å². The Bertz CT molecular complexity index is 269. The zero-order valence-electron chi connectivity index (χ0n) is 6.45. The third-order valence-electron chi connectivity index (χ3n) is 1.45. The predicted octanol–water partition coefficient (Wildman–Crippen LogP) is 0.0328. The maximum atomic E-state index is 10.4. The minimum Gasteiger partial charge on any atom is -0.476 e. The maximum absolute atomic E-state index is 10.4. The first kappa shape index (κ1) is 8.73. The molecule has 0 aliphatic carbocycles. The number of rotatable bonds is 4. The zero-order chi connectivity index (χ0) is 8.97. The molecule has 1 rings (SSSR count). The molecule has 0 saturated heterocycles. The molecule has 0 radical (unpaired) electrons. The summed E-state index contributed by atoms with van der Waals surface area (Å²) in [5.74, 6) is -1.04. The maximum Gasteiger partial charge on any atom is 0.356 e. The number of carboxylic acid groups (broad SMARTS) is 1. The highest BCUT2D eigenvalue weighted by molar-refractivity contribution is 5.85. The summed E-state index contributed by atoms with van der Waals surface area (Å²) < 4.78 is 0. The second kappa shape index (κ2) is 3.87. The van der Waals surface area contributed by atoms with Crippen molar-refractivity contribution in [2.45, 2.75) is 12.8 Å². The minimum atomic E-state index is -1.04. The van der Waals surface area contributed by atoms with Gasteiger partial charge in [0, 0.05) is 12.3 Å². The van der Waals surface area contributed by atoms with Gasteiger partial charge in [0.25, 0.3) is 0 Å². The van der Waals surface area contributed by atoms with Crippen LogP contribution in [0.15, 0.2) is 6.07 Å². The number of aliphatic hydroxyl groups excluding tert-OH is 1. The Hall–Kier alpha value is -1.36.